The quantitative estimate of drug-likeness (QED) is 0.476. The van der Waals surface area contributed by atoms with E-state index >= 15 is 0 Å². The minimum Gasteiger partial charge on any atom is -0.465 e. The number of ether oxygens (including phenoxy) is 1. The van der Waals surface area contributed by atoms with E-state index in [-0.39, 0.29) is 13.0 Å². The van der Waals surface area contributed by atoms with Gasteiger partial charge in [-0.3, -0.25) is 9.36 Å². The van der Waals surface area contributed by atoms with Crippen LogP contribution in [0.25, 0.3) is 0 Å². The van der Waals surface area contributed by atoms with E-state index < -0.39 is 19.7 Å². The minimum absolute atomic E-state index is 0.211. The Morgan fingerprint density at radius 2 is 2.09 bits per heavy atom. The van der Waals surface area contributed by atoms with Crippen LogP contribution in [0.3, 0.4) is 0 Å². The van der Waals surface area contributed by atoms with Gasteiger partial charge in [0.25, 0.3) is 0 Å². The van der Waals surface area contributed by atoms with E-state index in [2.05, 4.69) is 4.74 Å². The van der Waals surface area contributed by atoms with E-state index in [9.17, 15) is 9.36 Å². The average molecular weight is 182 g/mol. The van der Waals surface area contributed by atoms with Gasteiger partial charge in [-0.05, 0) is 0 Å². The SMILES string of the molecule is CCC(=O)OCCP(=O)(O)O. The molecule has 0 aliphatic rings. The maximum Gasteiger partial charge on any atom is 0.328 e. The maximum atomic E-state index is 10.4. The maximum absolute atomic E-state index is 10.4. The van der Waals surface area contributed by atoms with Crippen LogP contribution >= 0.6 is 7.60 Å². The van der Waals surface area contributed by atoms with E-state index in [1.54, 1.807) is 6.92 Å². The Labute approximate surface area is 64.5 Å². The Balaban J connectivity index is 3.43. The van der Waals surface area contributed by atoms with Crippen LogP contribution in [0, 0.1) is 0 Å². The fourth-order valence-electron chi connectivity index (χ4n) is 0.380. The van der Waals surface area contributed by atoms with Crippen molar-refractivity contribution in [3.63, 3.8) is 0 Å². The smallest absolute Gasteiger partial charge is 0.328 e. The van der Waals surface area contributed by atoms with Crippen molar-refractivity contribution in [2.45, 2.75) is 13.3 Å². The first-order valence-corrected chi connectivity index (χ1v) is 4.95. The Morgan fingerprint density at radius 1 is 1.55 bits per heavy atom. The Hall–Kier alpha value is -0.380. The molecule has 0 aliphatic heterocycles. The molecule has 0 aliphatic carbocycles. The van der Waals surface area contributed by atoms with Crippen molar-refractivity contribution in [1.29, 1.82) is 0 Å². The number of rotatable bonds is 4. The van der Waals surface area contributed by atoms with Gasteiger partial charge in [0.05, 0.1) is 6.16 Å². The van der Waals surface area contributed by atoms with E-state index in [1.165, 1.54) is 0 Å². The lowest BCUT2D eigenvalue weighted by Gasteiger charge is -2.03. The van der Waals surface area contributed by atoms with E-state index in [4.69, 9.17) is 9.79 Å². The van der Waals surface area contributed by atoms with Crippen molar-refractivity contribution in [3.8, 4) is 0 Å². The van der Waals surface area contributed by atoms with Gasteiger partial charge in [0, 0.05) is 6.42 Å². The zero-order valence-electron chi connectivity index (χ0n) is 6.19. The van der Waals surface area contributed by atoms with Crippen molar-refractivity contribution < 1.29 is 23.9 Å². The Bertz CT molecular complexity index is 172. The van der Waals surface area contributed by atoms with Crippen molar-refractivity contribution >= 4 is 13.6 Å². The lowest BCUT2D eigenvalue weighted by atomic mass is 10.5. The Kier molecular flexibility index (Phi) is 4.33. The summed E-state index contributed by atoms with van der Waals surface area (Å²) in [7, 11) is -4.01. The number of esters is 1. The van der Waals surface area contributed by atoms with Crippen LogP contribution < -0.4 is 0 Å². The largest absolute Gasteiger partial charge is 0.465 e. The number of hydrogen-bond donors (Lipinski definition) is 2. The summed E-state index contributed by atoms with van der Waals surface area (Å²) < 4.78 is 14.6. The van der Waals surface area contributed by atoms with Crippen LogP contribution in [0.15, 0.2) is 0 Å². The van der Waals surface area contributed by atoms with Crippen LogP contribution in [-0.2, 0) is 14.1 Å². The molecule has 0 saturated heterocycles. The summed E-state index contributed by atoms with van der Waals surface area (Å²) in [6.07, 6.45) is -0.181. The first-order valence-electron chi connectivity index (χ1n) is 3.16. The molecule has 6 heteroatoms. The van der Waals surface area contributed by atoms with Crippen molar-refractivity contribution in [2.24, 2.45) is 0 Å². The molecule has 0 saturated carbocycles. The van der Waals surface area contributed by atoms with Crippen molar-refractivity contribution in [2.75, 3.05) is 12.8 Å². The van der Waals surface area contributed by atoms with Gasteiger partial charge in [0.15, 0.2) is 0 Å². The normalized spacial score (nSPS) is 11.2. The monoisotopic (exact) mass is 182 g/mol. The van der Waals surface area contributed by atoms with E-state index in [0.717, 1.165) is 0 Å². The summed E-state index contributed by atoms with van der Waals surface area (Å²) in [4.78, 5) is 27.1. The predicted octanol–water partition coefficient (Wildman–Crippen LogP) is 0.117. The molecule has 5 nitrogen and oxygen atoms in total. The number of carbonyl (C=O) groups is 1. The average Bonchev–Trinajstić information content (AvgIpc) is 1.85. The molecular weight excluding hydrogens is 171 g/mol. The van der Waals surface area contributed by atoms with Crippen LogP contribution in [0.2, 0.25) is 0 Å². The van der Waals surface area contributed by atoms with Crippen molar-refractivity contribution in [3.05, 3.63) is 0 Å². The topological polar surface area (TPSA) is 83.8 Å². The van der Waals surface area contributed by atoms with Crippen LogP contribution in [0.5, 0.6) is 0 Å². The van der Waals surface area contributed by atoms with Gasteiger partial charge in [-0.2, -0.15) is 0 Å². The third-order valence-corrected chi connectivity index (χ3v) is 1.70. The van der Waals surface area contributed by atoms with Gasteiger partial charge < -0.3 is 14.5 Å². The molecule has 0 fully saturated rings. The molecule has 0 aromatic heterocycles. The third kappa shape index (κ3) is 7.52. The second-order valence-electron chi connectivity index (χ2n) is 1.96. The van der Waals surface area contributed by atoms with Gasteiger partial charge in [0.1, 0.15) is 6.61 Å². The fourth-order valence-corrected chi connectivity index (χ4v) is 0.710. The molecule has 0 aromatic carbocycles. The van der Waals surface area contributed by atoms with Crippen LogP contribution in [0.4, 0.5) is 0 Å². The summed E-state index contributed by atoms with van der Waals surface area (Å²) >= 11 is 0. The summed E-state index contributed by atoms with van der Waals surface area (Å²) in [6.45, 7) is 1.40. The zero-order valence-corrected chi connectivity index (χ0v) is 7.08. The molecule has 66 valence electrons. The molecule has 0 rings (SSSR count). The summed E-state index contributed by atoms with van der Waals surface area (Å²) in [5.74, 6) is -0.446. The number of hydrogen-bond acceptors (Lipinski definition) is 3. The highest BCUT2D eigenvalue weighted by Crippen LogP contribution is 2.33. The minimum atomic E-state index is -4.01. The molecule has 0 heterocycles. The standard InChI is InChI=1S/C5H11O5P/c1-2-5(6)10-3-4-11(7,8)9/h2-4H2,1H3,(H2,7,8,9). The lowest BCUT2D eigenvalue weighted by molar-refractivity contribution is -0.142. The predicted molar refractivity (Wildman–Crippen MR) is 38.2 cm³/mol. The summed E-state index contributed by atoms with van der Waals surface area (Å²) in [5, 5.41) is 0. The second kappa shape index (κ2) is 4.49. The molecule has 0 radical (unpaired) electrons. The van der Waals surface area contributed by atoms with Gasteiger partial charge in [-0.15, -0.1) is 0 Å². The van der Waals surface area contributed by atoms with E-state index in [1.807, 2.05) is 0 Å². The van der Waals surface area contributed by atoms with Gasteiger partial charge in [0.2, 0.25) is 0 Å². The first-order chi connectivity index (χ1) is 4.95. The first kappa shape index (κ1) is 10.6. The number of carbonyl (C=O) groups excluding carboxylic acids is 1. The molecule has 0 amide bonds. The molecule has 0 atom stereocenters. The molecule has 0 bridgehead atoms. The summed E-state index contributed by atoms with van der Waals surface area (Å²) in [6, 6.07) is 0. The molecule has 0 spiro atoms. The van der Waals surface area contributed by atoms with Gasteiger partial charge >= 0.3 is 13.6 Å². The third-order valence-electron chi connectivity index (χ3n) is 0.934. The Morgan fingerprint density at radius 3 is 2.45 bits per heavy atom. The molecule has 2 N–H and O–H groups in total. The molecule has 0 unspecified atom stereocenters. The molecule has 11 heavy (non-hydrogen) atoms. The highest BCUT2D eigenvalue weighted by atomic mass is 31.2. The summed E-state index contributed by atoms with van der Waals surface area (Å²) in [5.41, 5.74) is 0. The molecular formula is C5H11O5P. The van der Waals surface area contributed by atoms with Crippen LogP contribution in [-0.4, -0.2) is 28.5 Å². The highest BCUT2D eigenvalue weighted by Gasteiger charge is 2.12. The fraction of sp³-hybridized carbons (Fsp3) is 0.800. The lowest BCUT2D eigenvalue weighted by Crippen LogP contribution is -2.07. The molecule has 0 aromatic rings. The highest BCUT2D eigenvalue weighted by molar-refractivity contribution is 7.51. The second-order valence-corrected chi connectivity index (χ2v) is 3.74. The van der Waals surface area contributed by atoms with Gasteiger partial charge in [-0.1, -0.05) is 6.92 Å². The van der Waals surface area contributed by atoms with Gasteiger partial charge in [-0.25, -0.2) is 0 Å². The van der Waals surface area contributed by atoms with E-state index in [0.29, 0.717) is 0 Å². The van der Waals surface area contributed by atoms with Crippen molar-refractivity contribution in [1.82, 2.24) is 0 Å². The zero-order chi connectivity index (χ0) is 8.91. The van der Waals surface area contributed by atoms with Crippen LogP contribution in [0.1, 0.15) is 13.3 Å².